The SMILES string of the molecule is CC1(C)CC(C)(C)c2cc(C#Cc3cc4c(cc3C=O)C3(C)CCC4(C)C3)ccc21.S=S=S=S=S=S=S=S=S=S=S=S=S=S=S=S=S=S=S=S=S=S=S=S=S=S=S=S=S=S=S=S=S=S=S=S=S=S=S=S=S=S=S=S=S=S=S=S=S=S=S=S=S=S=S=S=S=S=S=S=S=S=S. The third-order valence-corrected chi connectivity index (χ3v) is 143. The molecule has 2 unspecified atom stereocenters. The minimum atomic E-state index is 0.168. The lowest BCUT2D eigenvalue weighted by Gasteiger charge is -2.27. The fourth-order valence-corrected chi connectivity index (χ4v) is 170. The van der Waals surface area contributed by atoms with Crippen LogP contribution in [-0.4, -0.2) is 6.29 Å². The van der Waals surface area contributed by atoms with Crippen molar-refractivity contribution < 1.29 is 4.79 Å². The standard InChI is InChI=1S/C29H32O.S63/c1-26(2)17-27(3,4)23-13-19(8-10-22(23)26)7-9-20-14-24-25(15-21(20)16-30)29(6)12-11-28(24,5)18-29;1-3-5-7-9-11-13-15-17-19-21-23-25-27-29-31-33-35-37-39-41-43-45-47-49-51-53-55-57-59-61-63-62-60-58-56-54-52-50-48-46-44-42-40-38-36-34-32-30-28-26-24-22-20-18-16-14-12-10-8-6-4-2/h8,10,13-16H,11-12,17-18H2,1-6H3;. The van der Waals surface area contributed by atoms with Gasteiger partial charge in [0.2, 0.25) is 0 Å². The fourth-order valence-electron chi connectivity index (χ4n) is 7.75. The molecule has 0 spiro atoms. The zero-order valence-corrected chi connectivity index (χ0v) is 96.4. The van der Waals surface area contributed by atoms with E-state index in [9.17, 15) is 4.79 Å². The number of hydrogen-bond acceptors (Lipinski definition) is 3. The largest absolute Gasteiger partial charge is 0.298 e. The molecule has 0 radical (unpaired) electrons. The van der Waals surface area contributed by atoms with Gasteiger partial charge in [-0.05, 0) is 93.9 Å². The van der Waals surface area contributed by atoms with Crippen LogP contribution in [0.25, 0.3) is 0 Å². The minimum absolute atomic E-state index is 0.168. The van der Waals surface area contributed by atoms with Crippen molar-refractivity contribution in [1.82, 2.24) is 0 Å². The number of carbonyl (C=O) groups is 1. The highest BCUT2D eigenvalue weighted by Crippen LogP contribution is 2.60. The lowest BCUT2D eigenvalue weighted by molar-refractivity contribution is 0.112. The van der Waals surface area contributed by atoms with E-state index in [-0.39, 0.29) is 21.7 Å². The third-order valence-electron chi connectivity index (χ3n) is 10.00. The van der Waals surface area contributed by atoms with E-state index < -0.39 is 0 Å². The number of carbonyl (C=O) groups excluding carboxylic acids is 1. The monoisotopic (exact) mass is 2410 g/mol. The normalized spacial score (nSPS) is 14.7. The average Bonchev–Trinajstić information content (AvgIpc) is 1.56. The second-order valence-electron chi connectivity index (χ2n) is 16.0. The van der Waals surface area contributed by atoms with Gasteiger partial charge in [0.05, 0.1) is 0 Å². The number of aldehydes is 1. The molecule has 532 valence electrons. The van der Waals surface area contributed by atoms with Crippen molar-refractivity contribution in [3.05, 3.63) is 69.3 Å². The Labute approximate surface area is 726 Å². The first-order valence-corrected chi connectivity index (χ1v) is 104. The summed E-state index contributed by atoms with van der Waals surface area (Å²) in [7, 11) is 110. The Morgan fingerprint density at radius 2 is 0.527 bits per heavy atom. The summed E-state index contributed by atoms with van der Waals surface area (Å²) >= 11 is 9.64. The van der Waals surface area contributed by atoms with Crippen LogP contribution in [0.1, 0.15) is 111 Å². The van der Waals surface area contributed by atoms with Crippen LogP contribution >= 0.6 is 0 Å². The van der Waals surface area contributed by atoms with E-state index >= 15 is 0 Å². The summed E-state index contributed by atoms with van der Waals surface area (Å²) in [6.07, 6.45) is 5.79. The van der Waals surface area contributed by atoms with Gasteiger partial charge in [0.25, 0.3) is 0 Å². The highest BCUT2D eigenvalue weighted by atomic mass is 33.5. The topological polar surface area (TPSA) is 17.1 Å². The third kappa shape index (κ3) is 47.1. The Bertz CT molecular complexity index is 6120. The van der Waals surface area contributed by atoms with Crippen LogP contribution in [0, 0.1) is 11.8 Å². The van der Waals surface area contributed by atoms with Gasteiger partial charge >= 0.3 is 0 Å². The molecule has 2 aromatic rings. The van der Waals surface area contributed by atoms with Crippen LogP contribution in [0.5, 0.6) is 0 Å². The second kappa shape index (κ2) is 64.9. The Morgan fingerprint density at radius 3 is 0.774 bits per heavy atom. The zero-order chi connectivity index (χ0) is 66.7. The predicted molar refractivity (Wildman–Crippen MR) is 587 cm³/mol. The molecule has 2 atom stereocenters. The van der Waals surface area contributed by atoms with E-state index in [1.54, 1.807) is 107 Å². The molecule has 64 heteroatoms. The van der Waals surface area contributed by atoms with Gasteiger partial charge in [0, 0.05) is 581 Å². The van der Waals surface area contributed by atoms with E-state index in [4.69, 9.17) is 22.4 Å². The molecule has 5 rings (SSSR count). The van der Waals surface area contributed by atoms with Gasteiger partial charge in [-0.1, -0.05) is 59.4 Å². The van der Waals surface area contributed by atoms with Crippen molar-refractivity contribution in [2.24, 2.45) is 0 Å². The van der Waals surface area contributed by atoms with Crippen LogP contribution in [0.3, 0.4) is 0 Å². The van der Waals surface area contributed by atoms with Crippen molar-refractivity contribution in [2.75, 3.05) is 0 Å². The van der Waals surface area contributed by atoms with Crippen molar-refractivity contribution in [1.29, 1.82) is 0 Å². The van der Waals surface area contributed by atoms with Gasteiger partial charge in [-0.25, -0.2) is 0 Å². The molecular weight excluding hydrogens is 2380 g/mol. The molecular formula is C29H32OS63. The molecule has 0 N–H and O–H groups in total. The fraction of sp³-hybridized carbons (Fsp3) is 0.483. The second-order valence-corrected chi connectivity index (χ2v) is 124. The summed E-state index contributed by atoms with van der Waals surface area (Å²) in [5, 5.41) is 0. The smallest absolute Gasteiger partial charge is 0.151 e. The van der Waals surface area contributed by atoms with E-state index in [0.717, 1.165) is 29.4 Å². The van der Waals surface area contributed by atoms with Crippen LogP contribution in [-0.2, 0) is 586 Å². The van der Waals surface area contributed by atoms with Crippen molar-refractivity contribution >= 4 is 570 Å². The Balaban J connectivity index is 0.000000500. The van der Waals surface area contributed by atoms with Crippen LogP contribution < -0.4 is 0 Å². The van der Waals surface area contributed by atoms with Crippen LogP contribution in [0.4, 0.5) is 0 Å². The number of rotatable bonds is 1. The van der Waals surface area contributed by atoms with E-state index in [2.05, 4.69) is 83.7 Å². The number of fused-ring (bicyclic) bond motifs is 6. The lowest BCUT2D eigenvalue weighted by Crippen LogP contribution is -2.18. The Hall–Kier alpha value is 11.5. The summed E-state index contributed by atoms with van der Waals surface area (Å²) in [5.41, 5.74) is 9.16. The number of hydrogen-bond donors (Lipinski definition) is 0. The maximum Gasteiger partial charge on any atom is 0.151 e. The summed E-state index contributed by atoms with van der Waals surface area (Å²) in [5.74, 6) is 6.74. The van der Waals surface area contributed by atoms with Crippen molar-refractivity contribution in [3.63, 3.8) is 0 Å². The first-order valence-electron chi connectivity index (χ1n) is 21.6. The van der Waals surface area contributed by atoms with Gasteiger partial charge in [0.15, 0.2) is 6.29 Å². The van der Waals surface area contributed by atoms with Gasteiger partial charge in [-0.2, -0.15) is 0 Å². The molecule has 3 aliphatic carbocycles. The summed E-state index contributed by atoms with van der Waals surface area (Å²) in [6.45, 7) is 14.1. The molecule has 2 bridgehead atoms. The van der Waals surface area contributed by atoms with Gasteiger partial charge in [-0.15, -0.1) is 0 Å². The molecule has 0 amide bonds. The maximum atomic E-state index is 11.9. The molecule has 3 aliphatic rings. The minimum Gasteiger partial charge on any atom is -0.298 e. The first-order chi connectivity index (χ1) is 45.4. The van der Waals surface area contributed by atoms with Crippen LogP contribution in [0.15, 0.2) is 30.3 Å². The van der Waals surface area contributed by atoms with Gasteiger partial charge in [-0.3, -0.25) is 4.79 Å². The molecule has 1 saturated carbocycles. The summed E-state index contributed by atoms with van der Waals surface area (Å²) in [4.78, 5) is 11.9. The van der Waals surface area contributed by atoms with Crippen LogP contribution in [0.2, 0.25) is 0 Å². The zero-order valence-electron chi connectivity index (χ0n) is 44.9. The summed E-state index contributed by atoms with van der Waals surface area (Å²) in [6, 6.07) is 11.0. The Morgan fingerprint density at radius 1 is 0.290 bits per heavy atom. The molecule has 1 fully saturated rings. The molecule has 0 heterocycles. The Kier molecular flexibility index (Phi) is 67.6. The van der Waals surface area contributed by atoms with Gasteiger partial charge < -0.3 is 0 Å². The highest BCUT2D eigenvalue weighted by Gasteiger charge is 2.53. The number of benzene rings is 2. The molecule has 93 heavy (non-hydrogen) atoms. The highest BCUT2D eigenvalue weighted by molar-refractivity contribution is 8.83. The van der Waals surface area contributed by atoms with E-state index in [1.807, 2.05) is 417 Å². The van der Waals surface area contributed by atoms with Gasteiger partial charge in [0.1, 0.15) is 0 Å². The quantitative estimate of drug-likeness (QED) is 0.243. The molecule has 0 aliphatic heterocycles. The average molecular weight is 2420 g/mol. The molecule has 1 nitrogen and oxygen atoms in total. The predicted octanol–water partition coefficient (Wildman–Crippen LogP) is 6.42. The first kappa shape index (κ1) is 96.9. The maximum absolute atomic E-state index is 11.9. The molecule has 0 aromatic heterocycles. The van der Waals surface area contributed by atoms with Crippen molar-refractivity contribution in [3.8, 4) is 11.8 Å². The lowest BCUT2D eigenvalue weighted by atomic mass is 9.77. The van der Waals surface area contributed by atoms with E-state index in [1.165, 1.54) is 59.3 Å². The van der Waals surface area contributed by atoms with Crippen molar-refractivity contribution in [2.45, 2.75) is 88.9 Å². The molecule has 2 aromatic carbocycles. The summed E-state index contributed by atoms with van der Waals surface area (Å²) < 4.78 is 0. The van der Waals surface area contributed by atoms with E-state index in [0.29, 0.717) is 0 Å². The molecule has 0 saturated heterocycles.